The lowest BCUT2D eigenvalue weighted by molar-refractivity contribution is -0.120. The van der Waals surface area contributed by atoms with Gasteiger partial charge >= 0.3 is 6.03 Å². The minimum absolute atomic E-state index is 0.0603. The van der Waals surface area contributed by atoms with E-state index in [-0.39, 0.29) is 16.7 Å². The Kier molecular flexibility index (Phi) is 5.65. The fourth-order valence-electron chi connectivity index (χ4n) is 4.75. The van der Waals surface area contributed by atoms with Crippen molar-refractivity contribution >= 4 is 49.4 Å². The van der Waals surface area contributed by atoms with Gasteiger partial charge in [-0.2, -0.15) is 5.10 Å². The van der Waals surface area contributed by atoms with Crippen molar-refractivity contribution in [3.8, 4) is 0 Å². The smallest absolute Gasteiger partial charge is 0.309 e. The number of rotatable bonds is 4. The molecule has 0 radical (unpaired) electrons. The predicted molar refractivity (Wildman–Crippen MR) is 136 cm³/mol. The highest BCUT2D eigenvalue weighted by atomic mass is 79.9. The molecule has 3 amide bonds. The number of aryl methyl sites for hydroxylation is 1. The van der Waals surface area contributed by atoms with Gasteiger partial charge in [-0.25, -0.2) is 14.8 Å². The number of aromatic amines is 1. The molecule has 3 N–H and O–H groups in total. The number of anilines is 2. The Bertz CT molecular complexity index is 1060. The molecule has 1 aromatic carbocycles. The number of benzene rings is 1. The molecule has 1 aliphatic carbocycles. The molecule has 174 valence electrons. The molecule has 0 spiro atoms. The Morgan fingerprint density at radius 1 is 1.19 bits per heavy atom. The van der Waals surface area contributed by atoms with Crippen LogP contribution in [0.3, 0.4) is 0 Å². The average Bonchev–Trinajstić information content (AvgIpc) is 3.14. The van der Waals surface area contributed by atoms with E-state index in [4.69, 9.17) is 0 Å². The number of para-hydroxylation sites is 1. The van der Waals surface area contributed by atoms with Gasteiger partial charge in [0.1, 0.15) is 0 Å². The Morgan fingerprint density at radius 3 is 2.44 bits per heavy atom. The van der Waals surface area contributed by atoms with Gasteiger partial charge in [0.2, 0.25) is 5.91 Å². The number of aromatic nitrogens is 2. The van der Waals surface area contributed by atoms with Crippen LogP contribution in [0.4, 0.5) is 16.3 Å². The zero-order valence-corrected chi connectivity index (χ0v) is 22.0. The maximum atomic E-state index is 13.3. The van der Waals surface area contributed by atoms with Crippen molar-refractivity contribution in [3.63, 3.8) is 0 Å². The molecule has 0 bridgehead atoms. The zero-order valence-electron chi connectivity index (χ0n) is 19.6. The summed E-state index contributed by atoms with van der Waals surface area (Å²) in [6.07, 6.45) is 9.57. The van der Waals surface area contributed by atoms with Crippen LogP contribution in [0.25, 0.3) is 0 Å². The summed E-state index contributed by atoms with van der Waals surface area (Å²) in [7, 11) is -1.06. The lowest BCUT2D eigenvalue weighted by Crippen LogP contribution is -2.51. The summed E-state index contributed by atoms with van der Waals surface area (Å²) >= 11 is 3.52. The van der Waals surface area contributed by atoms with Crippen molar-refractivity contribution < 1.29 is 9.59 Å². The van der Waals surface area contributed by atoms with Gasteiger partial charge in [-0.05, 0) is 86.4 Å². The first-order chi connectivity index (χ1) is 14.9. The Morgan fingerprint density at radius 2 is 1.88 bits per heavy atom. The van der Waals surface area contributed by atoms with E-state index in [0.29, 0.717) is 12.4 Å². The number of amides is 3. The summed E-state index contributed by atoms with van der Waals surface area (Å²) in [4.78, 5) is 28.3. The average molecular weight is 523 g/mol. The number of nitrogens with one attached hydrogen (secondary N) is 3. The highest BCUT2D eigenvalue weighted by molar-refractivity contribution is 9.10. The topological polar surface area (TPSA) is 90.1 Å². The first-order valence-electron chi connectivity index (χ1n) is 10.8. The monoisotopic (exact) mass is 521 g/mol. The normalized spacial score (nSPS) is 19.2. The largest absolute Gasteiger partial charge is 0.322 e. The minimum atomic E-state index is -1.06. The number of urea groups is 1. The lowest BCUT2D eigenvalue weighted by atomic mass is 9.83. The molecule has 2 aromatic rings. The van der Waals surface area contributed by atoms with E-state index in [0.717, 1.165) is 46.2 Å². The van der Waals surface area contributed by atoms with Crippen LogP contribution in [0.2, 0.25) is 0 Å². The number of nitrogens with zero attached hydrogens (tertiary/aromatic N) is 2. The van der Waals surface area contributed by atoms with Crippen LogP contribution in [0.1, 0.15) is 49.9 Å². The van der Waals surface area contributed by atoms with Gasteiger partial charge in [0.15, 0.2) is 5.82 Å². The molecule has 7 nitrogen and oxygen atoms in total. The van der Waals surface area contributed by atoms with Gasteiger partial charge in [-0.3, -0.25) is 9.89 Å². The van der Waals surface area contributed by atoms with Crippen LogP contribution in [0, 0.1) is 6.92 Å². The number of hydrogen-bond donors (Lipinski definition) is 3. The number of hydrogen-bond acceptors (Lipinski definition) is 3. The summed E-state index contributed by atoms with van der Waals surface area (Å²) in [6.45, 7) is 6.31. The summed E-state index contributed by atoms with van der Waals surface area (Å²) < 4.78 is 0.549. The minimum Gasteiger partial charge on any atom is -0.309 e. The summed E-state index contributed by atoms with van der Waals surface area (Å²) in [6, 6.07) is 5.62. The van der Waals surface area contributed by atoms with Crippen LogP contribution in [-0.2, 0) is 16.9 Å². The molecular weight excluding hydrogens is 490 g/mol. The maximum Gasteiger partial charge on any atom is 0.322 e. The van der Waals surface area contributed by atoms with Gasteiger partial charge < -0.3 is 15.5 Å². The summed E-state index contributed by atoms with van der Waals surface area (Å²) in [5, 5.41) is 13.7. The van der Waals surface area contributed by atoms with Crippen molar-refractivity contribution in [1.82, 2.24) is 15.1 Å². The van der Waals surface area contributed by atoms with Crippen LogP contribution in [-0.4, -0.2) is 50.5 Å². The second-order valence-corrected chi connectivity index (χ2v) is 15.4. The Balaban J connectivity index is 1.56. The van der Waals surface area contributed by atoms with Crippen LogP contribution in [0.15, 0.2) is 22.7 Å². The van der Waals surface area contributed by atoms with Gasteiger partial charge in [0.25, 0.3) is 0 Å². The molecule has 2 aliphatic rings. The maximum absolute atomic E-state index is 13.3. The molecule has 9 heteroatoms. The zero-order chi connectivity index (χ0) is 23.5. The molecule has 0 saturated heterocycles. The summed E-state index contributed by atoms with van der Waals surface area (Å²) in [5.74, 6) is 0.602. The van der Waals surface area contributed by atoms with Crippen molar-refractivity contribution in [2.24, 2.45) is 0 Å². The Hall–Kier alpha value is -2.00. The third kappa shape index (κ3) is 3.53. The SMILES string of the molecule is Cc1cccc(Br)c1NC(=O)N1Cc2c(NC(=O)C3(S(C)(C)C)CCC3)n[nH]c2C1(C)C. The van der Waals surface area contributed by atoms with Crippen molar-refractivity contribution in [2.75, 3.05) is 29.4 Å². The van der Waals surface area contributed by atoms with E-state index in [1.807, 2.05) is 39.0 Å². The third-order valence-corrected chi connectivity index (χ3v) is 10.7. The van der Waals surface area contributed by atoms with E-state index in [1.54, 1.807) is 4.90 Å². The number of carbonyl (C=O) groups excluding carboxylic acids is 2. The second-order valence-electron chi connectivity index (χ2n) is 10.1. The molecule has 1 aliphatic heterocycles. The molecule has 32 heavy (non-hydrogen) atoms. The first-order valence-corrected chi connectivity index (χ1v) is 14.4. The second kappa shape index (κ2) is 7.80. The number of fused-ring (bicyclic) bond motifs is 1. The fraction of sp³-hybridized carbons (Fsp3) is 0.522. The van der Waals surface area contributed by atoms with Crippen molar-refractivity contribution in [3.05, 3.63) is 39.5 Å². The molecule has 2 heterocycles. The highest BCUT2D eigenvalue weighted by Gasteiger charge is 2.51. The molecule has 4 rings (SSSR count). The Labute approximate surface area is 199 Å². The molecule has 1 fully saturated rings. The van der Waals surface area contributed by atoms with Gasteiger partial charge in [0.05, 0.1) is 28.2 Å². The van der Waals surface area contributed by atoms with Crippen LogP contribution >= 0.6 is 26.0 Å². The molecule has 1 aromatic heterocycles. The quantitative estimate of drug-likeness (QED) is 0.508. The first kappa shape index (κ1) is 23.2. The number of H-pyrrole nitrogens is 1. The van der Waals surface area contributed by atoms with Crippen LogP contribution in [0.5, 0.6) is 0 Å². The van der Waals surface area contributed by atoms with E-state index < -0.39 is 15.6 Å². The van der Waals surface area contributed by atoms with E-state index in [2.05, 4.69) is 55.5 Å². The number of carbonyl (C=O) groups is 2. The molecule has 1 saturated carbocycles. The summed E-state index contributed by atoms with van der Waals surface area (Å²) in [5.41, 5.74) is 2.88. The predicted octanol–water partition coefficient (Wildman–Crippen LogP) is 5.32. The van der Waals surface area contributed by atoms with E-state index >= 15 is 0 Å². The lowest BCUT2D eigenvalue weighted by Gasteiger charge is -2.53. The molecule has 0 unspecified atom stereocenters. The standard InChI is InChI=1S/C23H32BrN5O2S/c1-14-9-7-10-16(24)17(14)25-21(31)29-13-15-18(22(29,2)3)27-28-19(15)26-20(30)23(11-8-12-23)32(4,5)6/h7,9-10H,8,11-13H2,1-6H3,(H,25,31)(H2,26,27,28,30). The fourth-order valence-corrected chi connectivity index (χ4v) is 7.43. The molecular formula is C23H32BrN5O2S. The molecule has 0 atom stereocenters. The highest BCUT2D eigenvalue weighted by Crippen LogP contribution is 2.60. The van der Waals surface area contributed by atoms with E-state index in [9.17, 15) is 9.59 Å². The van der Waals surface area contributed by atoms with Gasteiger partial charge in [-0.1, -0.05) is 12.1 Å². The number of halogens is 1. The van der Waals surface area contributed by atoms with Crippen molar-refractivity contribution in [2.45, 2.75) is 56.9 Å². The van der Waals surface area contributed by atoms with Crippen molar-refractivity contribution in [1.29, 1.82) is 0 Å². The van der Waals surface area contributed by atoms with Crippen LogP contribution < -0.4 is 10.6 Å². The van der Waals surface area contributed by atoms with Gasteiger partial charge in [-0.15, -0.1) is 0 Å². The van der Waals surface area contributed by atoms with Gasteiger partial charge in [0, 0.05) is 10.0 Å². The third-order valence-electron chi connectivity index (χ3n) is 7.15. The van der Waals surface area contributed by atoms with E-state index in [1.165, 1.54) is 0 Å².